The number of aliphatic hydroxyl groups is 1. The Labute approximate surface area is 262 Å². The molecule has 6 unspecified atom stereocenters. The zero-order valence-corrected chi connectivity index (χ0v) is 25.1. The van der Waals surface area contributed by atoms with Crippen molar-refractivity contribution in [2.45, 2.75) is 81.5 Å². The molecule has 10 heteroatoms. The van der Waals surface area contributed by atoms with E-state index in [9.17, 15) is 9.90 Å². The lowest BCUT2D eigenvalue weighted by Gasteiger charge is -2.51. The SMILES string of the molecule is CC1[C@H](C)OC2COC(c3ccccc3)O[C@H]2[C@@H]1O[C@@H]1OC2COC(c3ccccc3)O[C@H]2[C@H](O)C1OC(=O)c1ccccc1. The smallest absolute Gasteiger partial charge is 0.338 e. The number of benzene rings is 3. The summed E-state index contributed by atoms with van der Waals surface area (Å²) in [7, 11) is 0. The summed E-state index contributed by atoms with van der Waals surface area (Å²) in [6.45, 7) is 4.46. The number of carbonyl (C=O) groups is 1. The highest BCUT2D eigenvalue weighted by Crippen LogP contribution is 2.41. The maximum Gasteiger partial charge on any atom is 0.338 e. The molecule has 4 heterocycles. The van der Waals surface area contributed by atoms with Gasteiger partial charge in [0.25, 0.3) is 0 Å². The van der Waals surface area contributed by atoms with Crippen LogP contribution in [-0.4, -0.2) is 79.4 Å². The minimum absolute atomic E-state index is 0.133. The van der Waals surface area contributed by atoms with Crippen LogP contribution in [0.1, 0.15) is 47.9 Å². The molecule has 0 amide bonds. The first-order valence-electron chi connectivity index (χ1n) is 15.5. The third-order valence-corrected chi connectivity index (χ3v) is 9.03. The average molecular weight is 619 g/mol. The molecule has 238 valence electrons. The fourth-order valence-corrected chi connectivity index (χ4v) is 6.41. The van der Waals surface area contributed by atoms with Gasteiger partial charge >= 0.3 is 5.97 Å². The second kappa shape index (κ2) is 13.3. The fraction of sp³-hybridized carbons (Fsp3) is 0.457. The second-order valence-corrected chi connectivity index (χ2v) is 12.0. The maximum atomic E-state index is 13.3. The Bertz CT molecular complexity index is 1410. The minimum atomic E-state index is -1.27. The standard InChI is InChI=1S/C35H38O10/c1-20-21(2)40-26-19-39-34(24-16-10-5-11-17-24)45-30(26)28(20)43-35-31(42-32(37)22-12-6-3-7-13-22)27(36)29-25(41-35)18-38-33(44-29)23-14-8-4-9-15-23/h3-17,20-21,25-31,33-36H,18-19H2,1-2H3/t20?,21-,25?,26?,27-,28+,29+,30+,31?,33?,34?,35-/m0/s1. The van der Waals surface area contributed by atoms with Crippen LogP contribution in [0.5, 0.6) is 0 Å². The molecule has 0 aromatic heterocycles. The monoisotopic (exact) mass is 618 g/mol. The molecule has 4 aliphatic heterocycles. The third kappa shape index (κ3) is 6.30. The first-order valence-corrected chi connectivity index (χ1v) is 15.5. The van der Waals surface area contributed by atoms with Crippen molar-refractivity contribution in [1.82, 2.24) is 0 Å². The summed E-state index contributed by atoms with van der Waals surface area (Å²) >= 11 is 0. The van der Waals surface area contributed by atoms with E-state index in [1.165, 1.54) is 0 Å². The molecule has 0 saturated carbocycles. The molecule has 4 fully saturated rings. The fourth-order valence-electron chi connectivity index (χ4n) is 6.41. The molecule has 45 heavy (non-hydrogen) atoms. The van der Waals surface area contributed by atoms with Crippen molar-refractivity contribution in [3.05, 3.63) is 108 Å². The molecule has 4 aliphatic rings. The van der Waals surface area contributed by atoms with Crippen molar-refractivity contribution >= 4 is 5.97 Å². The third-order valence-electron chi connectivity index (χ3n) is 9.03. The van der Waals surface area contributed by atoms with Crippen molar-refractivity contribution < 1.29 is 47.8 Å². The zero-order chi connectivity index (χ0) is 30.9. The van der Waals surface area contributed by atoms with Gasteiger partial charge in [-0.1, -0.05) is 85.8 Å². The highest BCUT2D eigenvalue weighted by atomic mass is 16.8. The van der Waals surface area contributed by atoms with Crippen molar-refractivity contribution in [3.8, 4) is 0 Å². The molecule has 7 rings (SSSR count). The lowest BCUT2D eigenvalue weighted by atomic mass is 9.87. The van der Waals surface area contributed by atoms with Crippen molar-refractivity contribution in [3.63, 3.8) is 0 Å². The van der Waals surface area contributed by atoms with Crippen LogP contribution >= 0.6 is 0 Å². The van der Waals surface area contributed by atoms with E-state index >= 15 is 0 Å². The summed E-state index contributed by atoms with van der Waals surface area (Å²) in [5.74, 6) is -0.745. The lowest BCUT2D eigenvalue weighted by Crippen LogP contribution is -2.66. The molecule has 0 spiro atoms. The highest BCUT2D eigenvalue weighted by Gasteiger charge is 2.55. The van der Waals surface area contributed by atoms with E-state index in [4.69, 9.17) is 37.9 Å². The summed E-state index contributed by atoms with van der Waals surface area (Å²) in [6.07, 6.45) is -8.07. The van der Waals surface area contributed by atoms with E-state index in [0.29, 0.717) is 12.2 Å². The van der Waals surface area contributed by atoms with Gasteiger partial charge in [-0.15, -0.1) is 0 Å². The summed E-state index contributed by atoms with van der Waals surface area (Å²) < 4.78 is 50.1. The lowest BCUT2D eigenvalue weighted by molar-refractivity contribution is -0.387. The highest BCUT2D eigenvalue weighted by molar-refractivity contribution is 5.89. The summed E-state index contributed by atoms with van der Waals surface area (Å²) in [5.41, 5.74) is 2.03. The normalized spacial score (nSPS) is 38.0. The minimum Gasteiger partial charge on any atom is -0.450 e. The van der Waals surface area contributed by atoms with Crippen molar-refractivity contribution in [2.24, 2.45) is 5.92 Å². The number of hydrogen-bond acceptors (Lipinski definition) is 10. The molecular weight excluding hydrogens is 580 g/mol. The van der Waals surface area contributed by atoms with E-state index < -0.39 is 61.5 Å². The van der Waals surface area contributed by atoms with Gasteiger partial charge < -0.3 is 43.0 Å². The molecule has 12 atom stereocenters. The Morgan fingerprint density at radius 2 is 1.22 bits per heavy atom. The van der Waals surface area contributed by atoms with E-state index in [0.717, 1.165) is 11.1 Å². The first kappa shape index (κ1) is 30.5. The predicted octanol–water partition coefficient (Wildman–Crippen LogP) is 4.33. The number of ether oxygens (including phenoxy) is 8. The summed E-state index contributed by atoms with van der Waals surface area (Å²) in [6, 6.07) is 27.8. The van der Waals surface area contributed by atoms with E-state index in [-0.39, 0.29) is 24.7 Å². The van der Waals surface area contributed by atoms with Crippen molar-refractivity contribution in [1.29, 1.82) is 0 Å². The van der Waals surface area contributed by atoms with Crippen LogP contribution in [0, 0.1) is 5.92 Å². The van der Waals surface area contributed by atoms with Crippen LogP contribution in [-0.2, 0) is 37.9 Å². The van der Waals surface area contributed by atoms with Gasteiger partial charge in [0.1, 0.15) is 30.5 Å². The molecule has 0 bridgehead atoms. The number of hydrogen-bond donors (Lipinski definition) is 1. The number of aliphatic hydroxyl groups excluding tert-OH is 1. The number of esters is 1. The topological polar surface area (TPSA) is 111 Å². The quantitative estimate of drug-likeness (QED) is 0.401. The molecule has 1 N–H and O–H groups in total. The molecule has 3 aromatic carbocycles. The van der Waals surface area contributed by atoms with E-state index in [2.05, 4.69) is 0 Å². The molecule has 0 aliphatic carbocycles. The first-order chi connectivity index (χ1) is 22.0. The van der Waals surface area contributed by atoms with Gasteiger partial charge in [-0.25, -0.2) is 4.79 Å². The average Bonchev–Trinajstić information content (AvgIpc) is 3.09. The Morgan fingerprint density at radius 1 is 0.689 bits per heavy atom. The number of carbonyl (C=O) groups excluding carboxylic acids is 1. The van der Waals surface area contributed by atoms with Gasteiger partial charge in [-0.05, 0) is 19.1 Å². The van der Waals surface area contributed by atoms with Crippen LogP contribution in [0.2, 0.25) is 0 Å². The molecule has 4 saturated heterocycles. The van der Waals surface area contributed by atoms with Crippen LogP contribution in [0.4, 0.5) is 0 Å². The van der Waals surface area contributed by atoms with Crippen LogP contribution in [0.25, 0.3) is 0 Å². The Morgan fingerprint density at radius 3 is 1.82 bits per heavy atom. The van der Waals surface area contributed by atoms with Crippen LogP contribution in [0.15, 0.2) is 91.0 Å². The maximum absolute atomic E-state index is 13.3. The number of rotatable bonds is 6. The summed E-state index contributed by atoms with van der Waals surface area (Å²) in [4.78, 5) is 13.3. The second-order valence-electron chi connectivity index (χ2n) is 12.0. The van der Waals surface area contributed by atoms with Crippen LogP contribution < -0.4 is 0 Å². The Hall–Kier alpha value is -3.19. The van der Waals surface area contributed by atoms with E-state index in [1.807, 2.05) is 80.6 Å². The van der Waals surface area contributed by atoms with Gasteiger partial charge in [0.05, 0.1) is 31.0 Å². The van der Waals surface area contributed by atoms with Crippen LogP contribution in [0.3, 0.4) is 0 Å². The number of fused-ring (bicyclic) bond motifs is 2. The van der Waals surface area contributed by atoms with Gasteiger partial charge in [-0.3, -0.25) is 0 Å². The summed E-state index contributed by atoms with van der Waals surface area (Å²) in [5, 5.41) is 11.8. The van der Waals surface area contributed by atoms with Gasteiger partial charge in [0.2, 0.25) is 0 Å². The molecule has 10 nitrogen and oxygen atoms in total. The molecule has 3 aromatic rings. The van der Waals surface area contributed by atoms with Gasteiger partial charge in [0, 0.05) is 17.0 Å². The van der Waals surface area contributed by atoms with Crippen molar-refractivity contribution in [2.75, 3.05) is 13.2 Å². The zero-order valence-electron chi connectivity index (χ0n) is 25.1. The molecular formula is C35H38O10. The Balaban J connectivity index is 1.15. The van der Waals surface area contributed by atoms with Gasteiger partial charge in [-0.2, -0.15) is 0 Å². The molecule has 0 radical (unpaired) electrons. The van der Waals surface area contributed by atoms with E-state index in [1.54, 1.807) is 24.3 Å². The Kier molecular flexibility index (Phi) is 8.98. The van der Waals surface area contributed by atoms with Gasteiger partial charge in [0.15, 0.2) is 25.0 Å². The predicted molar refractivity (Wildman–Crippen MR) is 159 cm³/mol. The largest absolute Gasteiger partial charge is 0.450 e.